The molecule has 0 bridgehead atoms. The molecule has 0 amide bonds. The number of alkyl halides is 1. The van der Waals surface area contributed by atoms with Crippen molar-refractivity contribution in [1.82, 2.24) is 0 Å². The van der Waals surface area contributed by atoms with E-state index in [0.29, 0.717) is 18.1 Å². The molecule has 0 aromatic heterocycles. The van der Waals surface area contributed by atoms with Crippen molar-refractivity contribution in [1.29, 1.82) is 0 Å². The molecule has 0 N–H and O–H groups in total. The van der Waals surface area contributed by atoms with Crippen molar-refractivity contribution in [2.75, 3.05) is 0 Å². The normalized spacial score (nSPS) is 35.0. The van der Waals surface area contributed by atoms with Gasteiger partial charge in [0.15, 0.2) is 0 Å². The van der Waals surface area contributed by atoms with Gasteiger partial charge in [0.1, 0.15) is 0 Å². The van der Waals surface area contributed by atoms with Gasteiger partial charge >= 0.3 is 0 Å². The molecule has 12 heavy (non-hydrogen) atoms. The maximum atomic E-state index is 5.99. The molecule has 1 saturated heterocycles. The van der Waals surface area contributed by atoms with Crippen molar-refractivity contribution in [2.24, 2.45) is 5.92 Å². The molecule has 0 saturated carbocycles. The molecule has 0 aromatic carbocycles. The lowest BCUT2D eigenvalue weighted by Gasteiger charge is -2.18. The van der Waals surface area contributed by atoms with Gasteiger partial charge in [-0.3, -0.25) is 0 Å². The first-order chi connectivity index (χ1) is 5.59. The summed E-state index contributed by atoms with van der Waals surface area (Å²) in [5, 5.41) is 0.268. The molecule has 72 valence electrons. The van der Waals surface area contributed by atoms with Crippen LogP contribution in [-0.4, -0.2) is 17.6 Å². The zero-order chi connectivity index (χ0) is 9.14. The molecule has 0 spiro atoms. The Bertz CT molecular complexity index is 136. The highest BCUT2D eigenvalue weighted by atomic mass is 35.5. The van der Waals surface area contributed by atoms with Crippen molar-refractivity contribution in [3.05, 3.63) is 0 Å². The Kier molecular flexibility index (Phi) is 3.85. The van der Waals surface area contributed by atoms with Gasteiger partial charge in [0, 0.05) is 5.38 Å². The van der Waals surface area contributed by atoms with Crippen LogP contribution in [0.4, 0.5) is 0 Å². The lowest BCUT2D eigenvalue weighted by molar-refractivity contribution is 0.0423. The average molecular weight is 191 g/mol. The Morgan fingerprint density at radius 3 is 2.50 bits per heavy atom. The fraction of sp³-hybridized carbons (Fsp3) is 1.00. The first-order valence-corrected chi connectivity index (χ1v) is 5.32. The maximum Gasteiger partial charge on any atom is 0.0582 e. The summed E-state index contributed by atoms with van der Waals surface area (Å²) in [6.07, 6.45) is 4.49. The zero-order valence-electron chi connectivity index (χ0n) is 8.22. The smallest absolute Gasteiger partial charge is 0.0582 e. The van der Waals surface area contributed by atoms with Crippen LogP contribution in [0.25, 0.3) is 0 Å². The fourth-order valence-electron chi connectivity index (χ4n) is 1.66. The van der Waals surface area contributed by atoms with Gasteiger partial charge in [-0.15, -0.1) is 11.6 Å². The monoisotopic (exact) mass is 190 g/mol. The Hall–Kier alpha value is 0.250. The molecule has 0 aromatic rings. The fourth-order valence-corrected chi connectivity index (χ4v) is 1.76. The lowest BCUT2D eigenvalue weighted by Crippen LogP contribution is -2.17. The van der Waals surface area contributed by atoms with Crippen molar-refractivity contribution >= 4 is 11.6 Å². The predicted molar refractivity (Wildman–Crippen MR) is 52.7 cm³/mol. The van der Waals surface area contributed by atoms with Crippen LogP contribution >= 0.6 is 11.6 Å². The highest BCUT2D eigenvalue weighted by molar-refractivity contribution is 6.20. The van der Waals surface area contributed by atoms with E-state index in [1.54, 1.807) is 0 Å². The molecule has 0 aliphatic carbocycles. The van der Waals surface area contributed by atoms with E-state index in [0.717, 1.165) is 6.42 Å². The van der Waals surface area contributed by atoms with Gasteiger partial charge in [-0.05, 0) is 39.0 Å². The minimum Gasteiger partial charge on any atom is -0.375 e. The first-order valence-electron chi connectivity index (χ1n) is 4.89. The number of ether oxygens (including phenoxy) is 1. The van der Waals surface area contributed by atoms with Gasteiger partial charge in [0.05, 0.1) is 12.2 Å². The molecule has 1 rings (SSSR count). The second-order valence-corrected chi connectivity index (χ2v) is 4.72. The van der Waals surface area contributed by atoms with Crippen LogP contribution in [0.3, 0.4) is 0 Å². The third kappa shape index (κ3) is 2.95. The molecule has 0 radical (unpaired) electrons. The van der Waals surface area contributed by atoms with E-state index in [1.807, 2.05) is 0 Å². The lowest BCUT2D eigenvalue weighted by atomic mass is 9.99. The molecule has 1 aliphatic heterocycles. The van der Waals surface area contributed by atoms with Crippen molar-refractivity contribution < 1.29 is 4.74 Å². The number of halogens is 1. The van der Waals surface area contributed by atoms with E-state index >= 15 is 0 Å². The molecular weight excluding hydrogens is 172 g/mol. The van der Waals surface area contributed by atoms with Crippen LogP contribution in [0.5, 0.6) is 0 Å². The summed E-state index contributed by atoms with van der Waals surface area (Å²) in [4.78, 5) is 0. The third-order valence-corrected chi connectivity index (χ3v) is 3.17. The average Bonchev–Trinajstić information content (AvgIpc) is 2.35. The van der Waals surface area contributed by atoms with Gasteiger partial charge in [-0.25, -0.2) is 0 Å². The summed E-state index contributed by atoms with van der Waals surface area (Å²) in [5.41, 5.74) is 0. The Balaban J connectivity index is 2.23. The third-order valence-electron chi connectivity index (χ3n) is 2.74. The van der Waals surface area contributed by atoms with Gasteiger partial charge in [-0.2, -0.15) is 0 Å². The van der Waals surface area contributed by atoms with Gasteiger partial charge in [0.25, 0.3) is 0 Å². The number of rotatable bonds is 3. The summed E-state index contributed by atoms with van der Waals surface area (Å²) >= 11 is 5.99. The quantitative estimate of drug-likeness (QED) is 0.621. The molecule has 1 aliphatic rings. The topological polar surface area (TPSA) is 9.23 Å². The molecule has 1 nitrogen and oxygen atoms in total. The second-order valence-electron chi connectivity index (χ2n) is 4.04. The predicted octanol–water partition coefficient (Wildman–Crippen LogP) is 3.21. The summed E-state index contributed by atoms with van der Waals surface area (Å²) < 4.78 is 5.72. The Labute approximate surface area is 80.4 Å². The van der Waals surface area contributed by atoms with Crippen molar-refractivity contribution in [3.63, 3.8) is 0 Å². The minimum absolute atomic E-state index is 0.268. The summed E-state index contributed by atoms with van der Waals surface area (Å²) in [6, 6.07) is 0. The molecule has 2 heteroatoms. The standard InChI is InChI=1S/C10H19ClO/c1-7(9(3)11)6-10-5-4-8(2)12-10/h7-10H,4-6H2,1-3H3. The number of hydrogen-bond donors (Lipinski definition) is 0. The van der Waals surface area contributed by atoms with E-state index in [2.05, 4.69) is 20.8 Å². The van der Waals surface area contributed by atoms with Crippen LogP contribution in [0.2, 0.25) is 0 Å². The van der Waals surface area contributed by atoms with Crippen LogP contribution < -0.4 is 0 Å². The van der Waals surface area contributed by atoms with Crippen LogP contribution in [0.15, 0.2) is 0 Å². The summed E-state index contributed by atoms with van der Waals surface area (Å²) in [6.45, 7) is 6.41. The maximum absolute atomic E-state index is 5.99. The second kappa shape index (κ2) is 4.48. The highest BCUT2D eigenvalue weighted by Crippen LogP contribution is 2.26. The highest BCUT2D eigenvalue weighted by Gasteiger charge is 2.24. The van der Waals surface area contributed by atoms with Crippen LogP contribution in [0.1, 0.15) is 40.0 Å². The number of hydrogen-bond acceptors (Lipinski definition) is 1. The largest absolute Gasteiger partial charge is 0.375 e. The zero-order valence-corrected chi connectivity index (χ0v) is 8.97. The van der Waals surface area contributed by atoms with E-state index < -0.39 is 0 Å². The first kappa shape index (κ1) is 10.3. The van der Waals surface area contributed by atoms with Gasteiger partial charge in [-0.1, -0.05) is 6.92 Å². The minimum atomic E-state index is 0.268. The molecule has 4 unspecified atom stereocenters. The van der Waals surface area contributed by atoms with Crippen molar-refractivity contribution in [3.8, 4) is 0 Å². The van der Waals surface area contributed by atoms with Gasteiger partial charge < -0.3 is 4.74 Å². The Morgan fingerprint density at radius 2 is 2.08 bits per heavy atom. The molecule has 1 fully saturated rings. The van der Waals surface area contributed by atoms with Crippen molar-refractivity contribution in [2.45, 2.75) is 57.6 Å². The van der Waals surface area contributed by atoms with Crippen LogP contribution in [-0.2, 0) is 4.74 Å². The summed E-state index contributed by atoms with van der Waals surface area (Å²) in [5.74, 6) is 0.571. The molecule has 4 atom stereocenters. The molecule has 1 heterocycles. The van der Waals surface area contributed by atoms with E-state index in [1.165, 1.54) is 12.8 Å². The van der Waals surface area contributed by atoms with Gasteiger partial charge in [0.2, 0.25) is 0 Å². The SMILES string of the molecule is CC1CCC(CC(C)C(C)Cl)O1. The summed E-state index contributed by atoms with van der Waals surface area (Å²) in [7, 11) is 0. The van der Waals surface area contributed by atoms with E-state index in [-0.39, 0.29) is 5.38 Å². The Morgan fingerprint density at radius 1 is 1.42 bits per heavy atom. The van der Waals surface area contributed by atoms with E-state index in [4.69, 9.17) is 16.3 Å². The van der Waals surface area contributed by atoms with Crippen LogP contribution in [0, 0.1) is 5.92 Å². The van der Waals surface area contributed by atoms with E-state index in [9.17, 15) is 0 Å². The molecular formula is C10H19ClO.